The Kier molecular flexibility index (Phi) is 3.29. The summed E-state index contributed by atoms with van der Waals surface area (Å²) in [5, 5.41) is 11.7. The van der Waals surface area contributed by atoms with Crippen molar-refractivity contribution in [3.05, 3.63) is 30.1 Å². The smallest absolute Gasteiger partial charge is 0.310 e. The van der Waals surface area contributed by atoms with Crippen LogP contribution in [-0.4, -0.2) is 17.6 Å². The molecule has 0 radical (unpaired) electrons. The number of carboxylic acid groups (broad SMARTS) is 1. The summed E-state index contributed by atoms with van der Waals surface area (Å²) in [6.07, 6.45) is 0. The molecule has 0 saturated carbocycles. The molecule has 0 saturated heterocycles. The van der Waals surface area contributed by atoms with Crippen LogP contribution in [0, 0.1) is 11.2 Å². The third-order valence-electron chi connectivity index (χ3n) is 2.14. The van der Waals surface area contributed by atoms with Gasteiger partial charge in [-0.25, -0.2) is 4.39 Å². The number of hydrogen-bond donors (Lipinski definition) is 2. The minimum absolute atomic E-state index is 0.256. The Bertz CT molecular complexity index is 363. The van der Waals surface area contributed by atoms with Crippen molar-refractivity contribution in [3.63, 3.8) is 0 Å². The predicted octanol–water partition coefficient (Wildman–Crippen LogP) is 2.35. The van der Waals surface area contributed by atoms with Gasteiger partial charge in [-0.15, -0.1) is 0 Å². The largest absolute Gasteiger partial charge is 0.481 e. The maximum atomic E-state index is 12.8. The zero-order valence-corrected chi connectivity index (χ0v) is 8.75. The van der Waals surface area contributed by atoms with Crippen molar-refractivity contribution in [1.29, 1.82) is 0 Å². The van der Waals surface area contributed by atoms with Crippen molar-refractivity contribution in [2.75, 3.05) is 11.9 Å². The van der Waals surface area contributed by atoms with E-state index in [2.05, 4.69) is 5.32 Å². The molecule has 0 fully saturated rings. The second-order valence-electron chi connectivity index (χ2n) is 4.05. The summed E-state index contributed by atoms with van der Waals surface area (Å²) in [6, 6.07) is 5.94. The van der Waals surface area contributed by atoms with Crippen molar-refractivity contribution in [2.45, 2.75) is 13.8 Å². The summed E-state index contributed by atoms with van der Waals surface area (Å²) >= 11 is 0. The van der Waals surface area contributed by atoms with Crippen molar-refractivity contribution in [3.8, 4) is 0 Å². The van der Waals surface area contributed by atoms with Gasteiger partial charge >= 0.3 is 5.97 Å². The van der Waals surface area contributed by atoms with Crippen LogP contribution < -0.4 is 5.32 Å². The van der Waals surface area contributed by atoms with E-state index in [1.165, 1.54) is 12.1 Å². The summed E-state index contributed by atoms with van der Waals surface area (Å²) in [5.41, 5.74) is -0.281. The van der Waals surface area contributed by atoms with E-state index >= 15 is 0 Å². The van der Waals surface area contributed by atoms with Crippen LogP contribution in [0.1, 0.15) is 13.8 Å². The van der Waals surface area contributed by atoms with E-state index in [4.69, 9.17) is 5.11 Å². The zero-order chi connectivity index (χ0) is 11.5. The SMILES string of the molecule is CC(C)(CNc1cccc(F)c1)C(=O)O. The Morgan fingerprint density at radius 3 is 2.73 bits per heavy atom. The quantitative estimate of drug-likeness (QED) is 0.803. The van der Waals surface area contributed by atoms with E-state index in [1.54, 1.807) is 26.0 Å². The highest BCUT2D eigenvalue weighted by molar-refractivity contribution is 5.74. The fourth-order valence-corrected chi connectivity index (χ4v) is 0.997. The monoisotopic (exact) mass is 211 g/mol. The lowest BCUT2D eigenvalue weighted by Gasteiger charge is -2.20. The zero-order valence-electron chi connectivity index (χ0n) is 8.75. The van der Waals surface area contributed by atoms with E-state index in [9.17, 15) is 9.18 Å². The minimum atomic E-state index is -0.883. The molecule has 15 heavy (non-hydrogen) atoms. The molecular weight excluding hydrogens is 197 g/mol. The van der Waals surface area contributed by atoms with E-state index in [-0.39, 0.29) is 12.4 Å². The van der Waals surface area contributed by atoms with Crippen LogP contribution in [0.3, 0.4) is 0 Å². The molecule has 0 unspecified atom stereocenters. The molecule has 0 heterocycles. The van der Waals surface area contributed by atoms with E-state index in [1.807, 2.05) is 0 Å². The summed E-state index contributed by atoms with van der Waals surface area (Å²) in [7, 11) is 0. The third-order valence-corrected chi connectivity index (χ3v) is 2.14. The highest BCUT2D eigenvalue weighted by Gasteiger charge is 2.26. The fraction of sp³-hybridized carbons (Fsp3) is 0.364. The van der Waals surface area contributed by atoms with Crippen LogP contribution in [0.25, 0.3) is 0 Å². The first-order valence-electron chi connectivity index (χ1n) is 4.65. The highest BCUT2D eigenvalue weighted by atomic mass is 19.1. The van der Waals surface area contributed by atoms with Crippen LogP contribution >= 0.6 is 0 Å². The van der Waals surface area contributed by atoms with Crippen molar-refractivity contribution >= 4 is 11.7 Å². The third kappa shape index (κ3) is 3.23. The number of halogens is 1. The maximum absolute atomic E-state index is 12.8. The second-order valence-corrected chi connectivity index (χ2v) is 4.05. The number of nitrogens with one attached hydrogen (secondary N) is 1. The van der Waals surface area contributed by atoms with Gasteiger partial charge in [0.1, 0.15) is 5.82 Å². The van der Waals surface area contributed by atoms with Crippen LogP contribution in [0.2, 0.25) is 0 Å². The first kappa shape index (κ1) is 11.5. The number of rotatable bonds is 4. The van der Waals surface area contributed by atoms with Crippen LogP contribution in [-0.2, 0) is 4.79 Å². The van der Waals surface area contributed by atoms with Crippen molar-refractivity contribution < 1.29 is 14.3 Å². The van der Waals surface area contributed by atoms with Gasteiger partial charge in [0.05, 0.1) is 5.41 Å². The second kappa shape index (κ2) is 4.29. The van der Waals surface area contributed by atoms with Gasteiger partial charge in [-0.2, -0.15) is 0 Å². The molecule has 1 rings (SSSR count). The molecular formula is C11H14FNO2. The molecule has 0 aromatic heterocycles. The van der Waals surface area contributed by atoms with Crippen molar-refractivity contribution in [1.82, 2.24) is 0 Å². The van der Waals surface area contributed by atoms with Gasteiger partial charge in [0.25, 0.3) is 0 Å². The Balaban J connectivity index is 2.61. The van der Waals surface area contributed by atoms with Gasteiger partial charge in [-0.3, -0.25) is 4.79 Å². The maximum Gasteiger partial charge on any atom is 0.310 e. The average molecular weight is 211 g/mol. The Hall–Kier alpha value is -1.58. The molecule has 82 valence electrons. The summed E-state index contributed by atoms with van der Waals surface area (Å²) in [6.45, 7) is 3.48. The van der Waals surface area contributed by atoms with Gasteiger partial charge in [0.15, 0.2) is 0 Å². The number of anilines is 1. The van der Waals surface area contributed by atoms with Gasteiger partial charge < -0.3 is 10.4 Å². The summed E-state index contributed by atoms with van der Waals surface area (Å²) in [4.78, 5) is 10.8. The molecule has 0 spiro atoms. The molecule has 0 amide bonds. The predicted molar refractivity (Wildman–Crippen MR) is 56.3 cm³/mol. The van der Waals surface area contributed by atoms with Crippen molar-refractivity contribution in [2.24, 2.45) is 5.41 Å². The Morgan fingerprint density at radius 2 is 2.20 bits per heavy atom. The molecule has 3 nitrogen and oxygen atoms in total. The molecule has 0 bridgehead atoms. The van der Waals surface area contributed by atoms with Gasteiger partial charge in [0.2, 0.25) is 0 Å². The van der Waals surface area contributed by atoms with E-state index < -0.39 is 11.4 Å². The van der Waals surface area contributed by atoms with Crippen LogP contribution in [0.4, 0.5) is 10.1 Å². The summed E-state index contributed by atoms with van der Waals surface area (Å²) in [5.74, 6) is -1.22. The molecule has 0 atom stereocenters. The highest BCUT2D eigenvalue weighted by Crippen LogP contribution is 2.17. The van der Waals surface area contributed by atoms with Gasteiger partial charge in [-0.05, 0) is 32.0 Å². The topological polar surface area (TPSA) is 49.3 Å². The number of hydrogen-bond acceptors (Lipinski definition) is 2. The van der Waals surface area contributed by atoms with Crippen LogP contribution in [0.15, 0.2) is 24.3 Å². The molecule has 0 aliphatic carbocycles. The standard InChI is InChI=1S/C11H14FNO2/c1-11(2,10(14)15)7-13-9-5-3-4-8(12)6-9/h3-6,13H,7H2,1-2H3,(H,14,15). The molecule has 2 N–H and O–H groups in total. The lowest BCUT2D eigenvalue weighted by atomic mass is 9.94. The fourth-order valence-electron chi connectivity index (χ4n) is 0.997. The molecule has 0 aliphatic rings. The van der Waals surface area contributed by atoms with Gasteiger partial charge in [-0.1, -0.05) is 6.07 Å². The first-order valence-corrected chi connectivity index (χ1v) is 4.65. The van der Waals surface area contributed by atoms with Gasteiger partial charge in [0, 0.05) is 12.2 Å². The Labute approximate surface area is 87.9 Å². The molecule has 1 aromatic carbocycles. The number of benzene rings is 1. The molecule has 4 heteroatoms. The lowest BCUT2D eigenvalue weighted by Crippen LogP contribution is -2.31. The molecule has 0 aliphatic heterocycles. The first-order chi connectivity index (χ1) is 6.92. The van der Waals surface area contributed by atoms with E-state index in [0.717, 1.165) is 0 Å². The average Bonchev–Trinajstić information content (AvgIpc) is 2.15. The number of aliphatic carboxylic acids is 1. The lowest BCUT2D eigenvalue weighted by molar-refractivity contribution is -0.146. The Morgan fingerprint density at radius 1 is 1.53 bits per heavy atom. The number of carboxylic acids is 1. The summed E-state index contributed by atoms with van der Waals surface area (Å²) < 4.78 is 12.8. The minimum Gasteiger partial charge on any atom is -0.481 e. The molecule has 1 aromatic rings. The normalized spacial score (nSPS) is 11.1. The van der Waals surface area contributed by atoms with E-state index in [0.29, 0.717) is 5.69 Å². The number of carbonyl (C=O) groups is 1. The van der Waals surface area contributed by atoms with Crippen LogP contribution in [0.5, 0.6) is 0 Å².